The van der Waals surface area contributed by atoms with Gasteiger partial charge in [0, 0.05) is 25.2 Å². The van der Waals surface area contributed by atoms with Gasteiger partial charge in [-0.1, -0.05) is 36.4 Å². The van der Waals surface area contributed by atoms with Crippen LogP contribution in [0.4, 0.5) is 11.4 Å². The molecule has 0 aliphatic rings. The lowest BCUT2D eigenvalue weighted by Gasteiger charge is -2.27. The number of esters is 2. The third-order valence-electron chi connectivity index (χ3n) is 7.04. The van der Waals surface area contributed by atoms with Gasteiger partial charge in [0.05, 0.1) is 48.5 Å². The molecule has 0 spiro atoms. The summed E-state index contributed by atoms with van der Waals surface area (Å²) in [4.78, 5) is 53.0. The molecule has 0 radical (unpaired) electrons. The van der Waals surface area contributed by atoms with Gasteiger partial charge in [-0.25, -0.2) is 36.4 Å². The van der Waals surface area contributed by atoms with Gasteiger partial charge >= 0.3 is 11.9 Å². The lowest BCUT2D eigenvalue weighted by molar-refractivity contribution is -0.388. The molecule has 0 aliphatic heterocycles. The number of pyridine rings is 2. The number of benzene rings is 2. The predicted molar refractivity (Wildman–Crippen MR) is 173 cm³/mol. The molecule has 4 aromatic rings. The molecule has 0 amide bonds. The molecule has 0 N–H and O–H groups in total. The Morgan fingerprint density at radius 1 is 0.620 bits per heavy atom. The zero-order chi connectivity index (χ0) is 36.6. The van der Waals surface area contributed by atoms with Crippen LogP contribution in [0.25, 0.3) is 0 Å². The Morgan fingerprint density at radius 2 is 0.980 bits per heavy atom. The SMILES string of the molecule is COC(=O)c1cccc(CN(CCN(Cc2cccc(C(=O)OC)n2)S(=O)(=O)c2ccccc2[N+](=O)[O-])S(=O)(=O)c2ccccc2[N+](=O)[O-])n1. The molecule has 2 aromatic carbocycles. The number of hydrogen-bond acceptors (Lipinski definition) is 14. The number of rotatable bonds is 15. The van der Waals surface area contributed by atoms with Gasteiger partial charge in [-0.3, -0.25) is 20.2 Å². The van der Waals surface area contributed by atoms with E-state index in [1.54, 1.807) is 0 Å². The maximum atomic E-state index is 14.1. The third-order valence-corrected chi connectivity index (χ3v) is 10.8. The molecule has 0 saturated heterocycles. The van der Waals surface area contributed by atoms with E-state index in [9.17, 15) is 46.7 Å². The Morgan fingerprint density at radius 3 is 1.32 bits per heavy atom. The molecule has 0 fully saturated rings. The Bertz CT molecular complexity index is 2010. The zero-order valence-electron chi connectivity index (χ0n) is 26.3. The van der Waals surface area contributed by atoms with Crippen molar-refractivity contribution in [2.45, 2.75) is 22.9 Å². The maximum Gasteiger partial charge on any atom is 0.356 e. The second kappa shape index (κ2) is 15.7. The van der Waals surface area contributed by atoms with Crippen LogP contribution in [0.5, 0.6) is 0 Å². The summed E-state index contributed by atoms with van der Waals surface area (Å²) in [5.41, 5.74) is -1.88. The smallest absolute Gasteiger partial charge is 0.356 e. The van der Waals surface area contributed by atoms with Gasteiger partial charge in [-0.2, -0.15) is 8.61 Å². The highest BCUT2D eigenvalue weighted by molar-refractivity contribution is 7.89. The molecule has 18 nitrogen and oxygen atoms in total. The third kappa shape index (κ3) is 8.29. The van der Waals surface area contributed by atoms with E-state index < -0.39 is 89.2 Å². The molecule has 0 aliphatic carbocycles. The monoisotopic (exact) mass is 728 g/mol. The Labute approximate surface area is 285 Å². The van der Waals surface area contributed by atoms with E-state index in [-0.39, 0.29) is 22.8 Å². The van der Waals surface area contributed by atoms with Crippen LogP contribution >= 0.6 is 0 Å². The quantitative estimate of drug-likeness (QED) is 0.0972. The van der Waals surface area contributed by atoms with Crippen LogP contribution in [0.3, 0.4) is 0 Å². The number of nitrogens with zero attached hydrogens (tertiary/aromatic N) is 6. The number of para-hydroxylation sites is 2. The molecule has 0 atom stereocenters. The highest BCUT2D eigenvalue weighted by Gasteiger charge is 2.36. The second-order valence-electron chi connectivity index (χ2n) is 10.1. The molecule has 20 heteroatoms. The molecular formula is C30H28N6O12S2. The van der Waals surface area contributed by atoms with Gasteiger partial charge in [0.25, 0.3) is 11.4 Å². The van der Waals surface area contributed by atoms with Gasteiger partial charge < -0.3 is 9.47 Å². The molecule has 50 heavy (non-hydrogen) atoms. The molecule has 2 aromatic heterocycles. The van der Waals surface area contributed by atoms with Gasteiger partial charge in [-0.15, -0.1) is 0 Å². The number of aromatic nitrogens is 2. The summed E-state index contributed by atoms with van der Waals surface area (Å²) >= 11 is 0. The summed E-state index contributed by atoms with van der Waals surface area (Å²) in [6.07, 6.45) is 0. The highest BCUT2D eigenvalue weighted by atomic mass is 32.2. The van der Waals surface area contributed by atoms with Crippen molar-refractivity contribution in [1.82, 2.24) is 18.6 Å². The number of hydrogen-bond donors (Lipinski definition) is 0. The first kappa shape index (κ1) is 37.1. The number of carbonyl (C=O) groups is 2. The second-order valence-corrected chi connectivity index (χ2v) is 14.0. The van der Waals surface area contributed by atoms with E-state index in [0.29, 0.717) is 0 Å². The standard InChI is InChI=1S/C30H28N6O12S2/c1-47-29(37)23-11-7-9-21(31-23)19-33(49(43,44)27-15-5-3-13-25(27)35(39)40)17-18-34(20-22-10-8-12-24(32-22)30(38)48-2)50(45,46)28-16-6-4-14-26(28)36(41)42/h3-16H,17-20H2,1-2H3. The number of methoxy groups -OCH3 is 2. The number of nitro benzene ring substituents is 2. The first-order valence-corrected chi connectivity index (χ1v) is 17.1. The summed E-state index contributed by atoms with van der Waals surface area (Å²) in [6, 6.07) is 17.2. The molecule has 0 unspecified atom stereocenters. The minimum absolute atomic E-state index is 0.00407. The Hall–Kier alpha value is -5.70. The van der Waals surface area contributed by atoms with Gasteiger partial charge in [0.15, 0.2) is 9.79 Å². The first-order chi connectivity index (χ1) is 23.7. The summed E-state index contributed by atoms with van der Waals surface area (Å²) in [7, 11) is -7.38. The lowest BCUT2D eigenvalue weighted by Crippen LogP contribution is -2.41. The summed E-state index contributed by atoms with van der Waals surface area (Å²) < 4.78 is 67.2. The van der Waals surface area contributed by atoms with Crippen LogP contribution in [0.2, 0.25) is 0 Å². The minimum atomic E-state index is -4.81. The normalized spacial score (nSPS) is 11.7. The fourth-order valence-electron chi connectivity index (χ4n) is 4.66. The van der Waals surface area contributed by atoms with Crippen LogP contribution < -0.4 is 0 Å². The van der Waals surface area contributed by atoms with Gasteiger partial charge in [0.1, 0.15) is 11.4 Å². The van der Waals surface area contributed by atoms with Crippen molar-refractivity contribution in [2.24, 2.45) is 0 Å². The van der Waals surface area contributed by atoms with Crippen LogP contribution in [0, 0.1) is 20.2 Å². The van der Waals surface area contributed by atoms with Crippen LogP contribution in [-0.2, 0) is 42.6 Å². The van der Waals surface area contributed by atoms with Crippen LogP contribution in [0.15, 0.2) is 94.7 Å². The highest BCUT2D eigenvalue weighted by Crippen LogP contribution is 2.30. The average molecular weight is 729 g/mol. The predicted octanol–water partition coefficient (Wildman–Crippen LogP) is 2.95. The van der Waals surface area contributed by atoms with Crippen molar-refractivity contribution in [3.63, 3.8) is 0 Å². The van der Waals surface area contributed by atoms with Crippen molar-refractivity contribution >= 4 is 43.4 Å². The zero-order valence-corrected chi connectivity index (χ0v) is 27.9. The number of ether oxygens (including phenoxy) is 2. The first-order valence-electron chi connectivity index (χ1n) is 14.3. The molecule has 2 heterocycles. The van der Waals surface area contributed by atoms with Crippen molar-refractivity contribution in [3.05, 3.63) is 128 Å². The van der Waals surface area contributed by atoms with Crippen molar-refractivity contribution < 1.29 is 45.7 Å². The van der Waals surface area contributed by atoms with E-state index >= 15 is 0 Å². The van der Waals surface area contributed by atoms with Gasteiger partial charge in [0.2, 0.25) is 20.0 Å². The Kier molecular flexibility index (Phi) is 11.6. The van der Waals surface area contributed by atoms with Crippen molar-refractivity contribution in [1.29, 1.82) is 0 Å². The van der Waals surface area contributed by atoms with Crippen molar-refractivity contribution in [3.8, 4) is 0 Å². The Balaban J connectivity index is 1.84. The maximum absolute atomic E-state index is 14.1. The molecular weight excluding hydrogens is 700 g/mol. The van der Waals surface area contributed by atoms with Crippen LogP contribution in [0.1, 0.15) is 32.4 Å². The molecule has 0 saturated carbocycles. The largest absolute Gasteiger partial charge is 0.464 e. The van der Waals surface area contributed by atoms with E-state index in [0.717, 1.165) is 47.1 Å². The summed E-state index contributed by atoms with van der Waals surface area (Å²) in [6.45, 7) is -2.58. The van der Waals surface area contributed by atoms with Crippen molar-refractivity contribution in [2.75, 3.05) is 27.3 Å². The fraction of sp³-hybridized carbons (Fsp3) is 0.200. The minimum Gasteiger partial charge on any atom is -0.464 e. The summed E-state index contributed by atoms with van der Waals surface area (Å²) in [5.74, 6) is -1.66. The van der Waals surface area contributed by atoms with Gasteiger partial charge in [-0.05, 0) is 36.4 Å². The fourth-order valence-corrected chi connectivity index (χ4v) is 7.77. The average Bonchev–Trinajstić information content (AvgIpc) is 3.12. The van der Waals surface area contributed by atoms with Crippen LogP contribution in [-0.4, -0.2) is 84.5 Å². The molecule has 4 rings (SSSR count). The molecule has 262 valence electrons. The number of nitro groups is 2. The lowest BCUT2D eigenvalue weighted by atomic mass is 10.3. The summed E-state index contributed by atoms with van der Waals surface area (Å²) in [5, 5.41) is 23.6. The van der Waals surface area contributed by atoms with E-state index in [2.05, 4.69) is 19.4 Å². The molecule has 0 bridgehead atoms. The van der Waals surface area contributed by atoms with E-state index in [1.165, 1.54) is 60.7 Å². The van der Waals surface area contributed by atoms with E-state index in [1.807, 2.05) is 0 Å². The topological polar surface area (TPSA) is 239 Å². The van der Waals surface area contributed by atoms with E-state index in [4.69, 9.17) is 0 Å². The number of carbonyl (C=O) groups excluding carboxylic acids is 2. The number of sulfonamides is 2.